The van der Waals surface area contributed by atoms with Crippen molar-refractivity contribution in [1.29, 1.82) is 0 Å². The van der Waals surface area contributed by atoms with E-state index in [1.54, 1.807) is 6.07 Å². The Kier molecular flexibility index (Phi) is 2.74. The molecule has 0 aromatic heterocycles. The van der Waals surface area contributed by atoms with Crippen LogP contribution in [0.25, 0.3) is 0 Å². The molecule has 0 spiro atoms. The van der Waals surface area contributed by atoms with Gasteiger partial charge in [0.25, 0.3) is 0 Å². The van der Waals surface area contributed by atoms with Crippen molar-refractivity contribution in [2.75, 3.05) is 0 Å². The molecule has 3 unspecified atom stereocenters. The van der Waals surface area contributed by atoms with Gasteiger partial charge in [-0.15, -0.1) is 0 Å². The molecule has 1 aromatic rings. The van der Waals surface area contributed by atoms with Gasteiger partial charge in [-0.2, -0.15) is 0 Å². The summed E-state index contributed by atoms with van der Waals surface area (Å²) in [5.41, 5.74) is 6.46. The third-order valence-electron chi connectivity index (χ3n) is 3.43. The van der Waals surface area contributed by atoms with E-state index in [9.17, 15) is 8.78 Å². The van der Waals surface area contributed by atoms with Crippen LogP contribution in [0.15, 0.2) is 18.2 Å². The minimum absolute atomic E-state index is 0.171. The van der Waals surface area contributed by atoms with Crippen molar-refractivity contribution in [2.45, 2.75) is 31.7 Å². The van der Waals surface area contributed by atoms with Crippen molar-refractivity contribution in [3.63, 3.8) is 0 Å². The number of halogens is 2. The van der Waals surface area contributed by atoms with Gasteiger partial charge < -0.3 is 5.73 Å². The maximum Gasteiger partial charge on any atom is 0.129 e. The Morgan fingerprint density at radius 1 is 1.40 bits per heavy atom. The Morgan fingerprint density at radius 3 is 2.67 bits per heavy atom. The number of hydrogen-bond acceptors (Lipinski definition) is 1. The van der Waals surface area contributed by atoms with Crippen LogP contribution < -0.4 is 5.73 Å². The molecule has 1 aliphatic carbocycles. The molecular weight excluding hydrogens is 196 g/mol. The number of hydrogen-bond donors (Lipinski definition) is 1. The Balaban J connectivity index is 2.23. The fourth-order valence-corrected chi connectivity index (χ4v) is 2.49. The van der Waals surface area contributed by atoms with Crippen LogP contribution >= 0.6 is 0 Å². The van der Waals surface area contributed by atoms with Crippen LogP contribution in [0, 0.1) is 17.6 Å². The van der Waals surface area contributed by atoms with E-state index in [-0.39, 0.29) is 12.0 Å². The average Bonchev–Trinajstić information content (AvgIpc) is 2.16. The summed E-state index contributed by atoms with van der Waals surface area (Å²) in [6, 6.07) is 3.98. The normalized spacial score (nSPS) is 30.0. The summed E-state index contributed by atoms with van der Waals surface area (Å²) in [4.78, 5) is 0. The average molecular weight is 211 g/mol. The predicted octanol–water partition coefficient (Wildman–Crippen LogP) is 2.81. The number of rotatable bonds is 2. The minimum Gasteiger partial charge on any atom is -0.327 e. The monoisotopic (exact) mass is 211 g/mol. The lowest BCUT2D eigenvalue weighted by Crippen LogP contribution is -2.45. The molecule has 0 saturated heterocycles. The van der Waals surface area contributed by atoms with Gasteiger partial charge in [-0.1, -0.05) is 19.4 Å². The summed E-state index contributed by atoms with van der Waals surface area (Å²) in [5.74, 6) is -0.450. The summed E-state index contributed by atoms with van der Waals surface area (Å²) in [6.07, 6.45) is 1.75. The summed E-state index contributed by atoms with van der Waals surface area (Å²) in [7, 11) is 0. The van der Waals surface area contributed by atoms with Crippen LogP contribution in [0.5, 0.6) is 0 Å². The first kappa shape index (κ1) is 10.6. The van der Waals surface area contributed by atoms with E-state index in [4.69, 9.17) is 5.73 Å². The zero-order valence-corrected chi connectivity index (χ0v) is 8.71. The second-order valence-electron chi connectivity index (χ2n) is 4.24. The van der Waals surface area contributed by atoms with E-state index in [0.717, 1.165) is 18.9 Å². The molecule has 3 heteroatoms. The first-order chi connectivity index (χ1) is 7.13. The molecule has 0 heterocycles. The molecule has 0 radical (unpaired) electrons. The van der Waals surface area contributed by atoms with Crippen molar-refractivity contribution >= 4 is 0 Å². The van der Waals surface area contributed by atoms with Gasteiger partial charge in [-0.05, 0) is 29.9 Å². The molecule has 1 saturated carbocycles. The first-order valence-corrected chi connectivity index (χ1v) is 5.34. The van der Waals surface area contributed by atoms with Gasteiger partial charge in [0.05, 0.1) is 0 Å². The largest absolute Gasteiger partial charge is 0.327 e. The van der Waals surface area contributed by atoms with Crippen molar-refractivity contribution in [3.05, 3.63) is 35.4 Å². The maximum absolute atomic E-state index is 13.5. The molecule has 1 fully saturated rings. The van der Waals surface area contributed by atoms with Gasteiger partial charge in [0.2, 0.25) is 0 Å². The molecule has 82 valence electrons. The van der Waals surface area contributed by atoms with Crippen LogP contribution in [-0.4, -0.2) is 6.04 Å². The topological polar surface area (TPSA) is 26.0 Å². The molecule has 0 aliphatic heterocycles. The Bertz CT molecular complexity index is 365. The van der Waals surface area contributed by atoms with E-state index >= 15 is 0 Å². The second-order valence-corrected chi connectivity index (χ2v) is 4.24. The zero-order chi connectivity index (χ0) is 11.0. The lowest BCUT2D eigenvalue weighted by Gasteiger charge is -2.42. The third kappa shape index (κ3) is 1.76. The SMILES string of the molecule is CCC1C(N)CC1c1ccc(F)cc1F. The smallest absolute Gasteiger partial charge is 0.129 e. The molecule has 1 aromatic carbocycles. The number of nitrogens with two attached hydrogens (primary N) is 1. The molecule has 2 rings (SSSR count). The summed E-state index contributed by atoms with van der Waals surface area (Å²) < 4.78 is 26.2. The van der Waals surface area contributed by atoms with Crippen molar-refractivity contribution < 1.29 is 8.78 Å². The molecule has 0 amide bonds. The van der Waals surface area contributed by atoms with Crippen molar-refractivity contribution in [3.8, 4) is 0 Å². The summed E-state index contributed by atoms with van der Waals surface area (Å²) in [6.45, 7) is 2.05. The minimum atomic E-state index is -0.520. The quantitative estimate of drug-likeness (QED) is 0.799. The Hall–Kier alpha value is -0.960. The second kappa shape index (κ2) is 3.89. The molecular formula is C12H15F2N. The van der Waals surface area contributed by atoms with Crippen molar-refractivity contribution in [2.24, 2.45) is 11.7 Å². The highest BCUT2D eigenvalue weighted by Gasteiger charge is 2.39. The standard InChI is InChI=1S/C12H15F2N/c1-2-8-10(6-12(8)15)9-4-3-7(13)5-11(9)14/h3-5,8,10,12H,2,6,15H2,1H3. The molecule has 1 aliphatic rings. The molecule has 2 N–H and O–H groups in total. The van der Waals surface area contributed by atoms with Crippen LogP contribution in [-0.2, 0) is 0 Å². The molecule has 1 nitrogen and oxygen atoms in total. The molecule has 3 atom stereocenters. The highest BCUT2D eigenvalue weighted by atomic mass is 19.1. The predicted molar refractivity (Wildman–Crippen MR) is 55.5 cm³/mol. The van der Waals surface area contributed by atoms with Crippen LogP contribution in [0.1, 0.15) is 31.2 Å². The van der Waals surface area contributed by atoms with Crippen molar-refractivity contribution in [1.82, 2.24) is 0 Å². The first-order valence-electron chi connectivity index (χ1n) is 5.34. The van der Waals surface area contributed by atoms with Gasteiger partial charge >= 0.3 is 0 Å². The molecule has 0 bridgehead atoms. The lowest BCUT2D eigenvalue weighted by molar-refractivity contribution is 0.194. The van der Waals surface area contributed by atoms with Gasteiger partial charge in [0.1, 0.15) is 11.6 Å². The van der Waals surface area contributed by atoms with E-state index in [2.05, 4.69) is 6.92 Å². The summed E-state index contributed by atoms with van der Waals surface area (Å²) in [5, 5.41) is 0. The maximum atomic E-state index is 13.5. The fraction of sp³-hybridized carbons (Fsp3) is 0.500. The van der Waals surface area contributed by atoms with E-state index in [0.29, 0.717) is 11.5 Å². The Labute approximate surface area is 88.3 Å². The van der Waals surface area contributed by atoms with Gasteiger partial charge in [-0.25, -0.2) is 8.78 Å². The lowest BCUT2D eigenvalue weighted by atomic mass is 9.65. The zero-order valence-electron chi connectivity index (χ0n) is 8.71. The summed E-state index contributed by atoms with van der Waals surface area (Å²) >= 11 is 0. The highest BCUT2D eigenvalue weighted by Crippen LogP contribution is 2.44. The fourth-order valence-electron chi connectivity index (χ4n) is 2.49. The van der Waals surface area contributed by atoms with Crippen LogP contribution in [0.3, 0.4) is 0 Å². The number of benzene rings is 1. The van der Waals surface area contributed by atoms with E-state index in [1.807, 2.05) is 0 Å². The van der Waals surface area contributed by atoms with Gasteiger partial charge in [-0.3, -0.25) is 0 Å². The van der Waals surface area contributed by atoms with E-state index in [1.165, 1.54) is 6.07 Å². The van der Waals surface area contributed by atoms with Gasteiger partial charge in [0.15, 0.2) is 0 Å². The third-order valence-corrected chi connectivity index (χ3v) is 3.43. The Morgan fingerprint density at radius 2 is 2.13 bits per heavy atom. The van der Waals surface area contributed by atoms with E-state index < -0.39 is 11.6 Å². The van der Waals surface area contributed by atoms with Gasteiger partial charge in [0, 0.05) is 12.1 Å². The molecule has 15 heavy (non-hydrogen) atoms. The van der Waals surface area contributed by atoms with Crippen LogP contribution in [0.2, 0.25) is 0 Å². The highest BCUT2D eigenvalue weighted by molar-refractivity contribution is 5.26. The van der Waals surface area contributed by atoms with Crippen LogP contribution in [0.4, 0.5) is 8.78 Å².